The highest BCUT2D eigenvalue weighted by molar-refractivity contribution is 5.88. The Morgan fingerprint density at radius 1 is 1.04 bits per heavy atom. The molecule has 132 valence electrons. The van der Waals surface area contributed by atoms with Crippen molar-refractivity contribution >= 4 is 17.8 Å². The molecule has 1 fully saturated rings. The van der Waals surface area contributed by atoms with Crippen LogP contribution in [0.5, 0.6) is 0 Å². The summed E-state index contributed by atoms with van der Waals surface area (Å²) in [5.74, 6) is -1.43. The van der Waals surface area contributed by atoms with Gasteiger partial charge in [-0.3, -0.25) is 9.59 Å². The van der Waals surface area contributed by atoms with E-state index in [4.69, 9.17) is 5.11 Å². The van der Waals surface area contributed by atoms with Gasteiger partial charge >= 0.3 is 5.97 Å². The zero-order chi connectivity index (χ0) is 17.2. The van der Waals surface area contributed by atoms with Gasteiger partial charge in [-0.05, 0) is 25.2 Å². The molecule has 0 heterocycles. The van der Waals surface area contributed by atoms with E-state index in [1.807, 2.05) is 13.8 Å². The number of amides is 2. The fourth-order valence-corrected chi connectivity index (χ4v) is 2.97. The van der Waals surface area contributed by atoms with Crippen LogP contribution >= 0.6 is 0 Å². The smallest absolute Gasteiger partial charge is 0.326 e. The maximum atomic E-state index is 12.2. The third kappa shape index (κ3) is 8.00. The summed E-state index contributed by atoms with van der Waals surface area (Å²) in [6.07, 6.45) is 7.80. The maximum absolute atomic E-state index is 12.2. The van der Waals surface area contributed by atoms with Crippen molar-refractivity contribution in [2.75, 3.05) is 6.54 Å². The fourth-order valence-electron chi connectivity index (χ4n) is 2.97. The highest BCUT2D eigenvalue weighted by atomic mass is 16.4. The number of hydrogen-bond donors (Lipinski definition) is 3. The third-order valence-corrected chi connectivity index (χ3v) is 4.24. The van der Waals surface area contributed by atoms with Crippen molar-refractivity contribution in [3.05, 3.63) is 0 Å². The molecular formula is C17H30N2O4. The molecule has 6 heteroatoms. The lowest BCUT2D eigenvalue weighted by atomic mass is 9.90. The summed E-state index contributed by atoms with van der Waals surface area (Å²) in [4.78, 5) is 35.1. The minimum absolute atomic E-state index is 0.0194. The van der Waals surface area contributed by atoms with Crippen LogP contribution in [0.2, 0.25) is 0 Å². The van der Waals surface area contributed by atoms with E-state index in [-0.39, 0.29) is 24.3 Å². The van der Waals surface area contributed by atoms with Gasteiger partial charge in [0.05, 0.1) is 6.54 Å². The largest absolute Gasteiger partial charge is 0.480 e. The Labute approximate surface area is 138 Å². The van der Waals surface area contributed by atoms with Gasteiger partial charge in [-0.1, -0.05) is 46.0 Å². The number of carbonyl (C=O) groups is 3. The molecule has 3 N–H and O–H groups in total. The van der Waals surface area contributed by atoms with Gasteiger partial charge in [0, 0.05) is 5.92 Å². The second-order valence-corrected chi connectivity index (χ2v) is 6.85. The first-order valence-corrected chi connectivity index (χ1v) is 8.70. The monoisotopic (exact) mass is 326 g/mol. The van der Waals surface area contributed by atoms with E-state index < -0.39 is 17.9 Å². The van der Waals surface area contributed by atoms with E-state index in [2.05, 4.69) is 10.6 Å². The molecule has 2 amide bonds. The summed E-state index contributed by atoms with van der Waals surface area (Å²) in [5.41, 5.74) is 0. The Hall–Kier alpha value is -1.59. The third-order valence-electron chi connectivity index (χ3n) is 4.24. The van der Waals surface area contributed by atoms with Crippen molar-refractivity contribution in [1.82, 2.24) is 10.6 Å². The summed E-state index contributed by atoms with van der Waals surface area (Å²) in [6.45, 7) is 3.65. The molecule has 1 aliphatic rings. The van der Waals surface area contributed by atoms with Gasteiger partial charge in [0.1, 0.15) is 6.04 Å². The Balaban J connectivity index is 2.38. The Morgan fingerprint density at radius 2 is 1.61 bits per heavy atom. The van der Waals surface area contributed by atoms with Gasteiger partial charge in [-0.2, -0.15) is 0 Å². The van der Waals surface area contributed by atoms with E-state index in [1.54, 1.807) is 0 Å². The number of rotatable bonds is 7. The van der Waals surface area contributed by atoms with Crippen molar-refractivity contribution in [3.63, 3.8) is 0 Å². The molecule has 1 aliphatic carbocycles. The van der Waals surface area contributed by atoms with Crippen LogP contribution in [0.3, 0.4) is 0 Å². The number of hydrogen-bond acceptors (Lipinski definition) is 3. The van der Waals surface area contributed by atoms with Crippen molar-refractivity contribution < 1.29 is 19.5 Å². The van der Waals surface area contributed by atoms with Gasteiger partial charge in [0.15, 0.2) is 0 Å². The summed E-state index contributed by atoms with van der Waals surface area (Å²) in [7, 11) is 0. The lowest BCUT2D eigenvalue weighted by molar-refractivity contribution is -0.142. The normalized spacial score (nSPS) is 17.9. The van der Waals surface area contributed by atoms with Gasteiger partial charge in [-0.25, -0.2) is 4.79 Å². The molecule has 0 aromatic carbocycles. The molecule has 0 bridgehead atoms. The van der Waals surface area contributed by atoms with Crippen molar-refractivity contribution in [2.24, 2.45) is 11.8 Å². The molecular weight excluding hydrogens is 296 g/mol. The Morgan fingerprint density at radius 3 is 2.13 bits per heavy atom. The molecule has 1 rings (SSSR count). The minimum atomic E-state index is -1.04. The topological polar surface area (TPSA) is 95.5 Å². The van der Waals surface area contributed by atoms with Crippen LogP contribution < -0.4 is 10.6 Å². The second-order valence-electron chi connectivity index (χ2n) is 6.85. The number of carboxylic acid groups (broad SMARTS) is 1. The maximum Gasteiger partial charge on any atom is 0.326 e. The van der Waals surface area contributed by atoms with E-state index in [0.29, 0.717) is 6.42 Å². The van der Waals surface area contributed by atoms with Crippen LogP contribution in [0.4, 0.5) is 0 Å². The van der Waals surface area contributed by atoms with E-state index in [9.17, 15) is 14.4 Å². The summed E-state index contributed by atoms with van der Waals surface area (Å²) in [5, 5.41) is 14.2. The second kappa shape index (κ2) is 10.2. The average molecular weight is 326 g/mol. The SMILES string of the molecule is CC(C)C[C@H](NC(=O)CNC(=O)C1CCCCCCC1)C(=O)O. The van der Waals surface area contributed by atoms with Gasteiger partial charge in [0.25, 0.3) is 0 Å². The molecule has 6 nitrogen and oxygen atoms in total. The number of nitrogens with one attached hydrogen (secondary N) is 2. The van der Waals surface area contributed by atoms with Gasteiger partial charge < -0.3 is 15.7 Å². The van der Waals surface area contributed by atoms with Crippen molar-refractivity contribution in [3.8, 4) is 0 Å². The van der Waals surface area contributed by atoms with Crippen LogP contribution in [0.15, 0.2) is 0 Å². The van der Waals surface area contributed by atoms with Crippen LogP contribution in [-0.2, 0) is 14.4 Å². The predicted octanol–water partition coefficient (Wildman–Crippen LogP) is 2.08. The molecule has 0 aromatic rings. The summed E-state index contributed by atoms with van der Waals surface area (Å²) < 4.78 is 0. The molecule has 0 saturated heterocycles. The highest BCUT2D eigenvalue weighted by Gasteiger charge is 2.23. The Bertz CT molecular complexity index is 401. The van der Waals surface area contributed by atoms with Gasteiger partial charge in [0.2, 0.25) is 11.8 Å². The van der Waals surface area contributed by atoms with E-state index >= 15 is 0 Å². The number of aliphatic carboxylic acids is 1. The lowest BCUT2D eigenvalue weighted by Crippen LogP contribution is -2.46. The summed E-state index contributed by atoms with van der Waals surface area (Å²) in [6, 6.07) is -0.902. The molecule has 1 atom stereocenters. The van der Waals surface area contributed by atoms with Crippen LogP contribution in [0.25, 0.3) is 0 Å². The highest BCUT2D eigenvalue weighted by Crippen LogP contribution is 2.22. The van der Waals surface area contributed by atoms with Crippen LogP contribution in [0, 0.1) is 11.8 Å². The molecule has 23 heavy (non-hydrogen) atoms. The number of carbonyl (C=O) groups excluding carboxylic acids is 2. The zero-order valence-corrected chi connectivity index (χ0v) is 14.3. The molecule has 1 saturated carbocycles. The molecule has 0 aromatic heterocycles. The quantitative estimate of drug-likeness (QED) is 0.667. The Kier molecular flexibility index (Phi) is 8.66. The summed E-state index contributed by atoms with van der Waals surface area (Å²) >= 11 is 0. The van der Waals surface area contributed by atoms with Crippen molar-refractivity contribution in [1.29, 1.82) is 0 Å². The predicted molar refractivity (Wildman–Crippen MR) is 87.8 cm³/mol. The van der Waals surface area contributed by atoms with E-state index in [1.165, 1.54) is 19.3 Å². The first kappa shape index (κ1) is 19.5. The average Bonchev–Trinajstić information content (AvgIpc) is 2.43. The molecule has 0 aliphatic heterocycles. The first-order chi connectivity index (χ1) is 10.9. The van der Waals surface area contributed by atoms with Crippen LogP contribution in [-0.4, -0.2) is 35.5 Å². The van der Waals surface area contributed by atoms with Gasteiger partial charge in [-0.15, -0.1) is 0 Å². The minimum Gasteiger partial charge on any atom is -0.480 e. The molecule has 0 spiro atoms. The standard InChI is InChI=1S/C17H30N2O4/c1-12(2)10-14(17(22)23)19-15(20)11-18-16(21)13-8-6-4-3-5-7-9-13/h12-14H,3-11H2,1-2H3,(H,18,21)(H,19,20)(H,22,23)/t14-/m0/s1. The van der Waals surface area contributed by atoms with Crippen molar-refractivity contribution in [2.45, 2.75) is 71.3 Å². The number of carboxylic acids is 1. The lowest BCUT2D eigenvalue weighted by Gasteiger charge is -2.20. The van der Waals surface area contributed by atoms with Crippen LogP contribution in [0.1, 0.15) is 65.2 Å². The molecule has 0 radical (unpaired) electrons. The fraction of sp³-hybridized carbons (Fsp3) is 0.824. The van der Waals surface area contributed by atoms with E-state index in [0.717, 1.165) is 25.7 Å². The first-order valence-electron chi connectivity index (χ1n) is 8.70. The molecule has 0 unspecified atom stereocenters. The zero-order valence-electron chi connectivity index (χ0n) is 14.3.